The summed E-state index contributed by atoms with van der Waals surface area (Å²) in [6, 6.07) is 11.2. The summed E-state index contributed by atoms with van der Waals surface area (Å²) < 4.78 is 13.0. The second kappa shape index (κ2) is 9.31. The van der Waals surface area contributed by atoms with Crippen molar-refractivity contribution < 1.29 is 23.9 Å². The van der Waals surface area contributed by atoms with E-state index in [1.165, 1.54) is 36.4 Å². The van der Waals surface area contributed by atoms with Crippen molar-refractivity contribution in [1.82, 2.24) is 5.32 Å². The number of nitrogens with zero attached hydrogens (tertiary/aromatic N) is 2. The van der Waals surface area contributed by atoms with E-state index in [2.05, 4.69) is 20.8 Å². The van der Waals surface area contributed by atoms with Crippen molar-refractivity contribution in [2.24, 2.45) is 10.2 Å². The predicted octanol–water partition coefficient (Wildman–Crippen LogP) is 1.53. The Hall–Kier alpha value is -3.53. The number of carboxylic acids is 1. The van der Waals surface area contributed by atoms with Crippen LogP contribution >= 0.6 is 11.8 Å². The molecule has 30 heavy (non-hydrogen) atoms. The zero-order valence-corrected chi connectivity index (χ0v) is 16.5. The number of hydrogen-bond donors (Lipinski definition) is 2. The second-order valence-corrected chi connectivity index (χ2v) is 7.50. The van der Waals surface area contributed by atoms with Gasteiger partial charge in [0.15, 0.2) is 5.17 Å². The Morgan fingerprint density at radius 2 is 1.77 bits per heavy atom. The van der Waals surface area contributed by atoms with Gasteiger partial charge in [-0.1, -0.05) is 36.0 Å². The monoisotopic (exact) mass is 427 g/mol. The number of carboxylic acid groups (broad SMARTS) is 1. The summed E-state index contributed by atoms with van der Waals surface area (Å²) in [7, 11) is 0. The van der Waals surface area contributed by atoms with Crippen LogP contribution in [0, 0.1) is 5.82 Å². The zero-order chi connectivity index (χ0) is 21.7. The van der Waals surface area contributed by atoms with E-state index in [1.54, 1.807) is 19.1 Å². The average molecular weight is 427 g/mol. The number of benzene rings is 2. The van der Waals surface area contributed by atoms with E-state index >= 15 is 0 Å². The molecule has 1 fully saturated rings. The molecule has 8 nitrogen and oxygen atoms in total. The fourth-order valence-electron chi connectivity index (χ4n) is 2.52. The molecule has 154 valence electrons. The molecule has 1 heterocycles. The van der Waals surface area contributed by atoms with E-state index < -0.39 is 17.1 Å². The van der Waals surface area contributed by atoms with Gasteiger partial charge < -0.3 is 20.5 Å². The molecule has 0 radical (unpaired) electrons. The molecule has 1 aliphatic heterocycles. The number of anilines is 1. The number of nitrogens with one attached hydrogen (secondary N) is 2. The minimum absolute atomic E-state index is 0.0109. The normalized spacial score (nSPS) is 18.1. The van der Waals surface area contributed by atoms with Crippen LogP contribution in [0.3, 0.4) is 0 Å². The molecule has 0 bridgehead atoms. The highest BCUT2D eigenvalue weighted by atomic mass is 32.2. The fourth-order valence-corrected chi connectivity index (χ4v) is 3.45. The van der Waals surface area contributed by atoms with Gasteiger partial charge in [0.05, 0.1) is 11.7 Å². The van der Waals surface area contributed by atoms with Crippen molar-refractivity contribution in [3.63, 3.8) is 0 Å². The fraction of sp³-hybridized carbons (Fsp3) is 0.150. The average Bonchev–Trinajstić information content (AvgIpc) is 2.72. The molecular weight excluding hydrogens is 411 g/mol. The largest absolute Gasteiger partial charge is 0.545 e. The molecule has 2 N–H and O–H groups in total. The smallest absolute Gasteiger partial charge is 0.238 e. The second-order valence-electron chi connectivity index (χ2n) is 6.31. The van der Waals surface area contributed by atoms with Gasteiger partial charge >= 0.3 is 0 Å². The first-order chi connectivity index (χ1) is 14.3. The first kappa shape index (κ1) is 21.2. The third-order valence-electron chi connectivity index (χ3n) is 4.10. The number of rotatable bonds is 5. The lowest BCUT2D eigenvalue weighted by Gasteiger charge is -2.21. The van der Waals surface area contributed by atoms with Crippen LogP contribution in [0.1, 0.15) is 29.3 Å². The van der Waals surface area contributed by atoms with E-state index in [9.17, 15) is 23.9 Å². The van der Waals surface area contributed by atoms with Gasteiger partial charge in [0.1, 0.15) is 11.1 Å². The van der Waals surface area contributed by atoms with Crippen molar-refractivity contribution >= 4 is 46.1 Å². The molecule has 10 heteroatoms. The van der Waals surface area contributed by atoms with Crippen LogP contribution in [0.25, 0.3) is 0 Å². The molecule has 1 aliphatic rings. The zero-order valence-electron chi connectivity index (χ0n) is 15.7. The summed E-state index contributed by atoms with van der Waals surface area (Å²) >= 11 is 1.05. The van der Waals surface area contributed by atoms with Gasteiger partial charge in [-0.3, -0.25) is 9.59 Å². The summed E-state index contributed by atoms with van der Waals surface area (Å²) in [4.78, 5) is 35.2. The molecule has 1 unspecified atom stereocenters. The number of aromatic carboxylic acids is 1. The molecular formula is C20H16FN4O4S-. The minimum Gasteiger partial charge on any atom is -0.545 e. The van der Waals surface area contributed by atoms with Gasteiger partial charge in [-0.05, 0) is 42.3 Å². The van der Waals surface area contributed by atoms with Crippen molar-refractivity contribution in [3.05, 3.63) is 65.5 Å². The molecule has 1 saturated heterocycles. The summed E-state index contributed by atoms with van der Waals surface area (Å²) in [5.41, 5.74) is 1.56. The molecule has 2 aromatic carbocycles. The van der Waals surface area contributed by atoms with E-state index in [4.69, 9.17) is 0 Å². The molecule has 0 saturated carbocycles. The van der Waals surface area contributed by atoms with Crippen LogP contribution in [0.2, 0.25) is 0 Å². The standard InChI is InChI=1S/C20H17FN4O4S/c1-11(12-2-6-14(21)7-3-12)24-25-20-23-17(26)10-16(30-20)18(27)22-15-8-4-13(5-9-15)19(28)29/h2-9,16H,10H2,1H3,(H,22,27)(H,28,29)(H,23,25,26)/p-1/b24-11+. The number of amides is 2. The van der Waals surface area contributed by atoms with Gasteiger partial charge in [-0.2, -0.15) is 5.10 Å². The summed E-state index contributed by atoms with van der Waals surface area (Å²) in [6.45, 7) is 1.69. The van der Waals surface area contributed by atoms with E-state index in [-0.39, 0.29) is 28.9 Å². The van der Waals surface area contributed by atoms with Crippen LogP contribution in [0.15, 0.2) is 58.7 Å². The lowest BCUT2D eigenvalue weighted by Crippen LogP contribution is -2.41. The van der Waals surface area contributed by atoms with Crippen molar-refractivity contribution in [2.45, 2.75) is 18.6 Å². The Bertz CT molecular complexity index is 1040. The summed E-state index contributed by atoms with van der Waals surface area (Å²) in [5.74, 6) is -2.49. The lowest BCUT2D eigenvalue weighted by atomic mass is 10.1. The number of amidine groups is 1. The first-order valence-electron chi connectivity index (χ1n) is 8.79. The Morgan fingerprint density at radius 1 is 1.13 bits per heavy atom. The van der Waals surface area contributed by atoms with Crippen molar-refractivity contribution in [2.75, 3.05) is 5.32 Å². The Balaban J connectivity index is 1.68. The quantitative estimate of drug-likeness (QED) is 0.553. The first-order valence-corrected chi connectivity index (χ1v) is 9.67. The molecule has 0 aromatic heterocycles. The van der Waals surface area contributed by atoms with E-state index in [1.807, 2.05) is 0 Å². The summed E-state index contributed by atoms with van der Waals surface area (Å²) in [5, 5.41) is 23.4. The Labute approximate surface area is 175 Å². The number of halogens is 1. The van der Waals surface area contributed by atoms with Crippen molar-refractivity contribution in [1.29, 1.82) is 0 Å². The van der Waals surface area contributed by atoms with Crippen molar-refractivity contribution in [3.8, 4) is 0 Å². The van der Waals surface area contributed by atoms with Gasteiger partial charge in [0.2, 0.25) is 11.8 Å². The van der Waals surface area contributed by atoms with Gasteiger partial charge in [0.25, 0.3) is 0 Å². The highest BCUT2D eigenvalue weighted by Crippen LogP contribution is 2.23. The third kappa shape index (κ3) is 5.51. The lowest BCUT2D eigenvalue weighted by molar-refractivity contribution is -0.255. The van der Waals surface area contributed by atoms with E-state index in [0.29, 0.717) is 17.0 Å². The highest BCUT2D eigenvalue weighted by molar-refractivity contribution is 8.15. The molecule has 3 rings (SSSR count). The maximum absolute atomic E-state index is 13.0. The molecule has 2 amide bonds. The summed E-state index contributed by atoms with van der Waals surface area (Å²) in [6.07, 6.45) is -0.0483. The number of hydrogen-bond acceptors (Lipinski definition) is 7. The van der Waals surface area contributed by atoms with Crippen LogP contribution in [0.5, 0.6) is 0 Å². The van der Waals surface area contributed by atoms with Crippen LogP contribution in [-0.4, -0.2) is 33.9 Å². The number of thioether (sulfide) groups is 1. The number of carbonyl (C=O) groups excluding carboxylic acids is 3. The minimum atomic E-state index is -1.32. The number of carbonyl (C=O) groups is 3. The van der Waals surface area contributed by atoms with Gasteiger partial charge in [-0.25, -0.2) is 4.39 Å². The van der Waals surface area contributed by atoms with Crippen LogP contribution in [0.4, 0.5) is 10.1 Å². The molecule has 0 aliphatic carbocycles. The molecule has 1 atom stereocenters. The highest BCUT2D eigenvalue weighted by Gasteiger charge is 2.30. The third-order valence-corrected chi connectivity index (χ3v) is 5.18. The van der Waals surface area contributed by atoms with Crippen LogP contribution in [-0.2, 0) is 9.59 Å². The SMILES string of the molecule is C/C(=N\N=C1/NC(=O)CC(C(=O)Nc2ccc(C(=O)[O-])cc2)S1)c1ccc(F)cc1. The molecule has 0 spiro atoms. The van der Waals surface area contributed by atoms with E-state index in [0.717, 1.165) is 11.8 Å². The Kier molecular flexibility index (Phi) is 6.58. The van der Waals surface area contributed by atoms with Crippen LogP contribution < -0.4 is 15.7 Å². The van der Waals surface area contributed by atoms with Gasteiger partial charge in [-0.15, -0.1) is 5.10 Å². The molecule has 2 aromatic rings. The maximum atomic E-state index is 13.0. The maximum Gasteiger partial charge on any atom is 0.238 e. The predicted molar refractivity (Wildman–Crippen MR) is 110 cm³/mol. The van der Waals surface area contributed by atoms with Gasteiger partial charge in [0, 0.05) is 12.1 Å². The topological polar surface area (TPSA) is 123 Å². The Morgan fingerprint density at radius 3 is 2.40 bits per heavy atom.